The molecule has 1 amide bonds. The van der Waals surface area contributed by atoms with Crippen LogP contribution in [0.3, 0.4) is 0 Å². The molecule has 2 aliphatic rings. The Hall–Kier alpha value is -1.81. The number of aliphatic hydroxyl groups is 1. The molecular weight excluding hydrogens is 302 g/mol. The summed E-state index contributed by atoms with van der Waals surface area (Å²) in [6, 6.07) is 4.11. The summed E-state index contributed by atoms with van der Waals surface area (Å²) >= 11 is 0. The number of hydrogen-bond acceptors (Lipinski definition) is 3. The zero-order valence-electron chi connectivity index (χ0n) is 15.3. The van der Waals surface area contributed by atoms with Crippen LogP contribution in [0, 0.1) is 26.7 Å². The van der Waals surface area contributed by atoms with Crippen LogP contribution in [-0.2, 0) is 9.63 Å². The SMILES string of the molecule is CON1C(=O)C(c2c(C)cc(C)cc2C)=C(O)C12CCC(C)CC2. The van der Waals surface area contributed by atoms with Gasteiger partial charge in [-0.2, -0.15) is 0 Å². The van der Waals surface area contributed by atoms with Crippen molar-refractivity contribution in [2.24, 2.45) is 5.92 Å². The van der Waals surface area contributed by atoms with Crippen molar-refractivity contribution in [3.05, 3.63) is 40.1 Å². The minimum Gasteiger partial charge on any atom is -0.509 e. The Bertz CT molecular complexity index is 689. The molecule has 1 aromatic carbocycles. The first kappa shape index (κ1) is 17.0. The van der Waals surface area contributed by atoms with Gasteiger partial charge in [-0.1, -0.05) is 24.6 Å². The van der Waals surface area contributed by atoms with E-state index >= 15 is 0 Å². The van der Waals surface area contributed by atoms with Crippen LogP contribution in [0.2, 0.25) is 0 Å². The van der Waals surface area contributed by atoms with E-state index in [9.17, 15) is 9.90 Å². The lowest BCUT2D eigenvalue weighted by atomic mass is 9.76. The lowest BCUT2D eigenvalue weighted by Crippen LogP contribution is -2.49. The Morgan fingerprint density at radius 1 is 1.17 bits per heavy atom. The number of aliphatic hydroxyl groups excluding tert-OH is 1. The van der Waals surface area contributed by atoms with Gasteiger partial charge in [0.05, 0.1) is 12.7 Å². The van der Waals surface area contributed by atoms with Crippen molar-refractivity contribution in [1.82, 2.24) is 5.06 Å². The average molecular weight is 329 g/mol. The van der Waals surface area contributed by atoms with Gasteiger partial charge in [0.25, 0.3) is 5.91 Å². The summed E-state index contributed by atoms with van der Waals surface area (Å²) in [5.74, 6) is 0.583. The molecule has 1 N–H and O–H groups in total. The summed E-state index contributed by atoms with van der Waals surface area (Å²) in [7, 11) is 1.52. The molecule has 4 heteroatoms. The molecule has 0 unspecified atom stereocenters. The van der Waals surface area contributed by atoms with Gasteiger partial charge in [0.1, 0.15) is 11.3 Å². The van der Waals surface area contributed by atoms with E-state index < -0.39 is 5.54 Å². The van der Waals surface area contributed by atoms with Crippen molar-refractivity contribution in [1.29, 1.82) is 0 Å². The van der Waals surface area contributed by atoms with Gasteiger partial charge in [-0.05, 0) is 69.1 Å². The lowest BCUT2D eigenvalue weighted by molar-refractivity contribution is -0.201. The number of hydrogen-bond donors (Lipinski definition) is 1. The molecule has 0 bridgehead atoms. The van der Waals surface area contributed by atoms with Crippen molar-refractivity contribution in [2.75, 3.05) is 7.11 Å². The topological polar surface area (TPSA) is 49.8 Å². The van der Waals surface area contributed by atoms with Crippen LogP contribution >= 0.6 is 0 Å². The van der Waals surface area contributed by atoms with Crippen LogP contribution in [0.1, 0.15) is 54.9 Å². The standard InChI is InChI=1S/C20H27NO3/c1-12-6-8-20(9-7-12)18(22)17(19(23)21(20)24-5)16-14(3)10-13(2)11-15(16)4/h10-12,22H,6-9H2,1-5H3. The number of hydroxylamine groups is 2. The van der Waals surface area contributed by atoms with E-state index in [-0.39, 0.29) is 11.7 Å². The number of carbonyl (C=O) groups is 1. The maximum Gasteiger partial charge on any atom is 0.282 e. The highest BCUT2D eigenvalue weighted by molar-refractivity contribution is 6.23. The fourth-order valence-electron chi connectivity index (χ4n) is 4.46. The second-order valence-corrected chi connectivity index (χ2v) is 7.49. The predicted octanol–water partition coefficient (Wildman–Crippen LogP) is 4.23. The highest BCUT2D eigenvalue weighted by Gasteiger charge is 2.54. The van der Waals surface area contributed by atoms with Crippen LogP contribution in [0.4, 0.5) is 0 Å². The first-order chi connectivity index (χ1) is 11.3. The second-order valence-electron chi connectivity index (χ2n) is 7.49. The highest BCUT2D eigenvalue weighted by atomic mass is 16.7. The maximum atomic E-state index is 13.1. The first-order valence-electron chi connectivity index (χ1n) is 8.72. The van der Waals surface area contributed by atoms with Crippen molar-refractivity contribution in [3.63, 3.8) is 0 Å². The third kappa shape index (κ3) is 2.35. The molecule has 0 aromatic heterocycles. The third-order valence-electron chi connectivity index (χ3n) is 5.68. The largest absolute Gasteiger partial charge is 0.509 e. The number of aryl methyl sites for hydroxylation is 3. The summed E-state index contributed by atoms with van der Waals surface area (Å²) in [5.41, 5.74) is 3.75. The van der Waals surface area contributed by atoms with E-state index in [2.05, 4.69) is 19.1 Å². The smallest absolute Gasteiger partial charge is 0.282 e. The van der Waals surface area contributed by atoms with Gasteiger partial charge in [-0.25, -0.2) is 5.06 Å². The molecule has 1 aliphatic carbocycles. The Morgan fingerprint density at radius 3 is 2.21 bits per heavy atom. The molecule has 1 aromatic rings. The van der Waals surface area contributed by atoms with Crippen LogP contribution in [0.5, 0.6) is 0 Å². The fraction of sp³-hybridized carbons (Fsp3) is 0.550. The van der Waals surface area contributed by atoms with E-state index in [0.29, 0.717) is 11.5 Å². The van der Waals surface area contributed by atoms with Gasteiger partial charge in [0.15, 0.2) is 0 Å². The van der Waals surface area contributed by atoms with Gasteiger partial charge < -0.3 is 5.11 Å². The van der Waals surface area contributed by atoms with Crippen molar-refractivity contribution >= 4 is 11.5 Å². The predicted molar refractivity (Wildman–Crippen MR) is 94.4 cm³/mol. The Labute approximate surface area is 144 Å². The van der Waals surface area contributed by atoms with E-state index in [1.54, 1.807) is 0 Å². The van der Waals surface area contributed by atoms with E-state index in [1.807, 2.05) is 20.8 Å². The van der Waals surface area contributed by atoms with Crippen LogP contribution in [0.25, 0.3) is 5.57 Å². The van der Waals surface area contributed by atoms with Crippen molar-refractivity contribution in [2.45, 2.75) is 58.9 Å². The van der Waals surface area contributed by atoms with Crippen LogP contribution in [0.15, 0.2) is 17.9 Å². The first-order valence-corrected chi connectivity index (χ1v) is 8.72. The molecule has 1 saturated carbocycles. The maximum absolute atomic E-state index is 13.1. The zero-order chi connectivity index (χ0) is 17.6. The summed E-state index contributed by atoms with van der Waals surface area (Å²) in [6.07, 6.45) is 3.45. The monoisotopic (exact) mass is 329 g/mol. The van der Waals surface area contributed by atoms with E-state index in [4.69, 9.17) is 4.84 Å². The molecule has 1 fully saturated rings. The zero-order valence-corrected chi connectivity index (χ0v) is 15.3. The number of nitrogens with zero attached hydrogens (tertiary/aromatic N) is 1. The number of amides is 1. The molecule has 24 heavy (non-hydrogen) atoms. The van der Waals surface area contributed by atoms with Crippen molar-refractivity contribution < 1.29 is 14.7 Å². The molecule has 130 valence electrons. The second kappa shape index (κ2) is 5.92. The number of benzene rings is 1. The minimum absolute atomic E-state index is 0.191. The number of rotatable bonds is 2. The molecule has 1 aliphatic heterocycles. The fourth-order valence-corrected chi connectivity index (χ4v) is 4.46. The minimum atomic E-state index is -0.697. The summed E-state index contributed by atoms with van der Waals surface area (Å²) in [4.78, 5) is 18.5. The molecule has 0 saturated heterocycles. The summed E-state index contributed by atoms with van der Waals surface area (Å²) in [5, 5.41) is 12.6. The van der Waals surface area contributed by atoms with Gasteiger partial charge in [0, 0.05) is 0 Å². The van der Waals surface area contributed by atoms with Crippen molar-refractivity contribution in [3.8, 4) is 0 Å². The molecule has 3 rings (SSSR count). The molecule has 1 spiro atoms. The van der Waals surface area contributed by atoms with Gasteiger partial charge in [0.2, 0.25) is 0 Å². The Balaban J connectivity index is 2.17. The van der Waals surface area contributed by atoms with E-state index in [1.165, 1.54) is 12.2 Å². The third-order valence-corrected chi connectivity index (χ3v) is 5.68. The normalized spacial score (nSPS) is 27.5. The summed E-state index contributed by atoms with van der Waals surface area (Å²) in [6.45, 7) is 8.25. The molecular formula is C20H27NO3. The highest BCUT2D eigenvalue weighted by Crippen LogP contribution is 2.49. The van der Waals surface area contributed by atoms with Gasteiger partial charge in [-0.15, -0.1) is 0 Å². The van der Waals surface area contributed by atoms with Gasteiger partial charge in [-0.3, -0.25) is 9.63 Å². The Kier molecular flexibility index (Phi) is 4.20. The number of carbonyl (C=O) groups excluding carboxylic acids is 1. The average Bonchev–Trinajstić information content (AvgIpc) is 2.71. The lowest BCUT2D eigenvalue weighted by Gasteiger charge is -2.41. The molecule has 1 heterocycles. The van der Waals surface area contributed by atoms with Crippen LogP contribution in [-0.4, -0.2) is 28.7 Å². The quantitative estimate of drug-likeness (QED) is 0.883. The molecule has 0 atom stereocenters. The molecule has 4 nitrogen and oxygen atoms in total. The molecule has 0 radical (unpaired) electrons. The summed E-state index contributed by atoms with van der Waals surface area (Å²) < 4.78 is 0. The van der Waals surface area contributed by atoms with E-state index in [0.717, 1.165) is 47.9 Å². The van der Waals surface area contributed by atoms with Gasteiger partial charge >= 0.3 is 0 Å². The van der Waals surface area contributed by atoms with Crippen LogP contribution < -0.4 is 0 Å². The Morgan fingerprint density at radius 2 is 1.71 bits per heavy atom.